The van der Waals surface area contributed by atoms with Gasteiger partial charge in [0.1, 0.15) is 0 Å². The zero-order valence-corrected chi connectivity index (χ0v) is 17.9. The minimum absolute atomic E-state index is 0.420. The lowest BCUT2D eigenvalue weighted by Crippen LogP contribution is -2.49. The molecule has 0 aliphatic carbocycles. The number of benzene rings is 1. The Morgan fingerprint density at radius 3 is 2.77 bits per heavy atom. The largest absolute Gasteiger partial charge is 0.357 e. The average Bonchev–Trinajstić information content (AvgIpc) is 3.46. The van der Waals surface area contributed by atoms with E-state index >= 15 is 0 Å². The number of likely N-dealkylation sites (tertiary alicyclic amines) is 1. The van der Waals surface area contributed by atoms with E-state index in [4.69, 9.17) is 4.99 Å². The van der Waals surface area contributed by atoms with Crippen LogP contribution in [-0.4, -0.2) is 49.6 Å². The predicted octanol–water partition coefficient (Wildman–Crippen LogP) is 3.18. The number of aromatic nitrogens is 4. The van der Waals surface area contributed by atoms with Gasteiger partial charge in [-0.1, -0.05) is 31.2 Å². The van der Waals surface area contributed by atoms with Gasteiger partial charge >= 0.3 is 0 Å². The number of nitrogens with one attached hydrogen (secondary N) is 1. The molecule has 0 saturated carbocycles. The van der Waals surface area contributed by atoms with Crippen molar-refractivity contribution in [2.24, 2.45) is 10.9 Å². The van der Waals surface area contributed by atoms with Crippen molar-refractivity contribution in [3.05, 3.63) is 72.8 Å². The molecule has 1 aliphatic heterocycles. The fourth-order valence-corrected chi connectivity index (χ4v) is 4.10. The van der Waals surface area contributed by atoms with Crippen molar-refractivity contribution in [1.82, 2.24) is 29.3 Å². The van der Waals surface area contributed by atoms with E-state index in [0.717, 1.165) is 38.6 Å². The van der Waals surface area contributed by atoms with Gasteiger partial charge < -0.3 is 19.4 Å². The second-order valence-electron chi connectivity index (χ2n) is 8.01. The van der Waals surface area contributed by atoms with Crippen molar-refractivity contribution in [1.29, 1.82) is 0 Å². The van der Waals surface area contributed by atoms with Crippen LogP contribution >= 0.6 is 0 Å². The van der Waals surface area contributed by atoms with Crippen LogP contribution in [0.3, 0.4) is 0 Å². The highest BCUT2D eigenvalue weighted by Crippen LogP contribution is 2.27. The number of hydrogen-bond acceptors (Lipinski definition) is 3. The van der Waals surface area contributed by atoms with Crippen LogP contribution in [0.25, 0.3) is 0 Å². The Kier molecular flexibility index (Phi) is 6.47. The monoisotopic (exact) mass is 405 g/mol. The van der Waals surface area contributed by atoms with Gasteiger partial charge in [-0.05, 0) is 30.4 Å². The second-order valence-corrected chi connectivity index (χ2v) is 8.01. The minimum Gasteiger partial charge on any atom is -0.357 e. The standard InChI is InChI=1S/C23H31N7/c1-3-26-23(29-10-7-19(2)22(16-29)30-12-9-25-18-30)27-14-20-5-4-6-21(13-20)15-28-11-8-24-17-28/h4-6,8-9,11-13,17-19,22H,3,7,10,14-16H2,1-2H3,(H,26,27). The summed E-state index contributed by atoms with van der Waals surface area (Å²) in [6.45, 7) is 8.79. The van der Waals surface area contributed by atoms with Crippen molar-refractivity contribution in [3.63, 3.8) is 0 Å². The summed E-state index contributed by atoms with van der Waals surface area (Å²) in [6.07, 6.45) is 12.7. The second kappa shape index (κ2) is 9.61. The van der Waals surface area contributed by atoms with Crippen molar-refractivity contribution in [2.75, 3.05) is 19.6 Å². The van der Waals surface area contributed by atoms with Gasteiger partial charge in [-0.2, -0.15) is 0 Å². The van der Waals surface area contributed by atoms with Gasteiger partial charge in [-0.15, -0.1) is 0 Å². The smallest absolute Gasteiger partial charge is 0.194 e. The third-order valence-electron chi connectivity index (χ3n) is 5.79. The first-order valence-corrected chi connectivity index (χ1v) is 10.8. The van der Waals surface area contributed by atoms with Crippen molar-refractivity contribution in [2.45, 2.75) is 39.4 Å². The summed E-state index contributed by atoms with van der Waals surface area (Å²) >= 11 is 0. The predicted molar refractivity (Wildman–Crippen MR) is 119 cm³/mol. The zero-order chi connectivity index (χ0) is 20.8. The summed E-state index contributed by atoms with van der Waals surface area (Å²) in [5.74, 6) is 1.62. The summed E-state index contributed by atoms with van der Waals surface area (Å²) in [7, 11) is 0. The lowest BCUT2D eigenvalue weighted by atomic mass is 9.93. The van der Waals surface area contributed by atoms with Crippen LogP contribution in [-0.2, 0) is 13.1 Å². The lowest BCUT2D eigenvalue weighted by Gasteiger charge is -2.39. The van der Waals surface area contributed by atoms with Crippen LogP contribution in [0.2, 0.25) is 0 Å². The highest BCUT2D eigenvalue weighted by Gasteiger charge is 2.28. The number of hydrogen-bond donors (Lipinski definition) is 1. The van der Waals surface area contributed by atoms with E-state index in [1.54, 1.807) is 0 Å². The van der Waals surface area contributed by atoms with Gasteiger partial charge in [-0.25, -0.2) is 15.0 Å². The van der Waals surface area contributed by atoms with Gasteiger partial charge in [0.05, 0.1) is 25.2 Å². The molecule has 1 fully saturated rings. The highest BCUT2D eigenvalue weighted by molar-refractivity contribution is 5.80. The van der Waals surface area contributed by atoms with E-state index in [-0.39, 0.29) is 0 Å². The number of piperidine rings is 1. The highest BCUT2D eigenvalue weighted by atomic mass is 15.3. The molecule has 0 bridgehead atoms. The fraction of sp³-hybridized carbons (Fsp3) is 0.435. The molecule has 7 heteroatoms. The normalized spacial score (nSPS) is 19.8. The molecule has 4 rings (SSSR count). The molecule has 0 amide bonds. The number of imidazole rings is 2. The summed E-state index contributed by atoms with van der Waals surface area (Å²) in [4.78, 5) is 15.7. The fourth-order valence-electron chi connectivity index (χ4n) is 4.10. The number of nitrogens with zero attached hydrogens (tertiary/aromatic N) is 6. The molecular weight excluding hydrogens is 374 g/mol. The Hall–Kier alpha value is -3.09. The van der Waals surface area contributed by atoms with E-state index < -0.39 is 0 Å². The molecule has 7 nitrogen and oxygen atoms in total. The Labute approximate surface area is 178 Å². The summed E-state index contributed by atoms with van der Waals surface area (Å²) < 4.78 is 4.32. The number of guanidine groups is 1. The van der Waals surface area contributed by atoms with E-state index in [1.807, 2.05) is 31.2 Å². The molecule has 3 heterocycles. The Balaban J connectivity index is 1.46. The molecule has 0 radical (unpaired) electrons. The van der Waals surface area contributed by atoms with Crippen LogP contribution in [0.5, 0.6) is 0 Å². The molecule has 1 saturated heterocycles. The maximum absolute atomic E-state index is 4.97. The molecule has 1 N–H and O–H groups in total. The number of aliphatic imine (C=N–C) groups is 1. The van der Waals surface area contributed by atoms with Gasteiger partial charge in [0.15, 0.2) is 5.96 Å². The first-order valence-electron chi connectivity index (χ1n) is 10.8. The molecule has 0 spiro atoms. The zero-order valence-electron chi connectivity index (χ0n) is 17.9. The molecule has 2 atom stereocenters. The quantitative estimate of drug-likeness (QED) is 0.505. The SMILES string of the molecule is CCNC(=NCc1cccc(Cn2ccnc2)c1)N1CCC(C)C(n2ccnc2)C1. The van der Waals surface area contributed by atoms with Gasteiger partial charge in [-0.3, -0.25) is 0 Å². The summed E-state index contributed by atoms with van der Waals surface area (Å²) in [6, 6.07) is 9.07. The topological polar surface area (TPSA) is 63.3 Å². The first-order chi connectivity index (χ1) is 14.7. The van der Waals surface area contributed by atoms with E-state index in [2.05, 4.69) is 73.6 Å². The number of rotatable bonds is 6. The van der Waals surface area contributed by atoms with Crippen LogP contribution in [0.15, 0.2) is 66.7 Å². The van der Waals surface area contributed by atoms with E-state index in [1.165, 1.54) is 11.1 Å². The molecule has 3 aromatic rings. The van der Waals surface area contributed by atoms with Gasteiger partial charge in [0, 0.05) is 51.0 Å². The molecule has 30 heavy (non-hydrogen) atoms. The van der Waals surface area contributed by atoms with Crippen molar-refractivity contribution in [3.8, 4) is 0 Å². The average molecular weight is 406 g/mol. The third-order valence-corrected chi connectivity index (χ3v) is 5.79. The molecular formula is C23H31N7. The third kappa shape index (κ3) is 4.90. The molecule has 2 unspecified atom stereocenters. The Morgan fingerprint density at radius 2 is 2.00 bits per heavy atom. The van der Waals surface area contributed by atoms with Crippen LogP contribution in [0.1, 0.15) is 37.4 Å². The van der Waals surface area contributed by atoms with Crippen molar-refractivity contribution < 1.29 is 0 Å². The van der Waals surface area contributed by atoms with E-state index in [0.29, 0.717) is 18.5 Å². The Bertz CT molecular complexity index is 930. The van der Waals surface area contributed by atoms with Crippen LogP contribution in [0.4, 0.5) is 0 Å². The van der Waals surface area contributed by atoms with Crippen molar-refractivity contribution >= 4 is 5.96 Å². The Morgan fingerprint density at radius 1 is 1.17 bits per heavy atom. The summed E-state index contributed by atoms with van der Waals surface area (Å²) in [5.41, 5.74) is 2.48. The van der Waals surface area contributed by atoms with Gasteiger partial charge in [0.2, 0.25) is 0 Å². The van der Waals surface area contributed by atoms with Crippen LogP contribution < -0.4 is 5.32 Å². The maximum atomic E-state index is 4.97. The maximum Gasteiger partial charge on any atom is 0.194 e. The molecule has 2 aromatic heterocycles. The lowest BCUT2D eigenvalue weighted by molar-refractivity contribution is 0.189. The van der Waals surface area contributed by atoms with E-state index in [9.17, 15) is 0 Å². The van der Waals surface area contributed by atoms with Gasteiger partial charge in [0.25, 0.3) is 0 Å². The molecule has 1 aromatic carbocycles. The minimum atomic E-state index is 0.420. The van der Waals surface area contributed by atoms with Crippen LogP contribution in [0, 0.1) is 5.92 Å². The first kappa shape index (κ1) is 20.2. The molecule has 1 aliphatic rings. The molecule has 158 valence electrons. The summed E-state index contributed by atoms with van der Waals surface area (Å²) in [5, 5.41) is 3.49.